The van der Waals surface area contributed by atoms with Gasteiger partial charge in [-0.25, -0.2) is 0 Å². The average molecular weight is 282 g/mol. The summed E-state index contributed by atoms with van der Waals surface area (Å²) in [6.07, 6.45) is -2.82. The number of hydrogen-bond acceptors (Lipinski definition) is 4. The van der Waals surface area contributed by atoms with Crippen molar-refractivity contribution in [3.05, 3.63) is 0 Å². The standard InChI is InChI=1S/C12H21F3N2O2/c1-4-17(8-12(13,14)15)9-5-6-11(7-9,16-2)10(18)19-3/h9,16H,4-8H2,1-3H3. The Kier molecular flexibility index (Phi) is 5.20. The fourth-order valence-corrected chi connectivity index (χ4v) is 2.77. The van der Waals surface area contributed by atoms with E-state index in [1.54, 1.807) is 14.0 Å². The highest BCUT2D eigenvalue weighted by molar-refractivity contribution is 5.81. The van der Waals surface area contributed by atoms with Gasteiger partial charge in [0.2, 0.25) is 0 Å². The number of rotatable bonds is 5. The predicted octanol–water partition coefficient (Wildman–Crippen LogP) is 1.55. The second-order valence-corrected chi connectivity index (χ2v) is 4.90. The van der Waals surface area contributed by atoms with Crippen LogP contribution in [-0.2, 0) is 9.53 Å². The van der Waals surface area contributed by atoms with Crippen molar-refractivity contribution in [1.29, 1.82) is 0 Å². The number of halogens is 3. The van der Waals surface area contributed by atoms with E-state index >= 15 is 0 Å². The maximum Gasteiger partial charge on any atom is 0.401 e. The van der Waals surface area contributed by atoms with Gasteiger partial charge in [0.15, 0.2) is 0 Å². The van der Waals surface area contributed by atoms with E-state index < -0.39 is 24.2 Å². The SMILES string of the molecule is CCN(CC(F)(F)F)C1CCC(NC)(C(=O)OC)C1. The molecule has 0 radical (unpaired) electrons. The first-order valence-electron chi connectivity index (χ1n) is 6.36. The first-order valence-corrected chi connectivity index (χ1v) is 6.36. The topological polar surface area (TPSA) is 41.6 Å². The van der Waals surface area contributed by atoms with Crippen molar-refractivity contribution >= 4 is 5.97 Å². The normalized spacial score (nSPS) is 27.8. The zero-order valence-electron chi connectivity index (χ0n) is 11.5. The fraction of sp³-hybridized carbons (Fsp3) is 0.917. The highest BCUT2D eigenvalue weighted by atomic mass is 19.4. The molecule has 0 aromatic rings. The number of alkyl halides is 3. The Hall–Kier alpha value is -0.820. The van der Waals surface area contributed by atoms with E-state index in [4.69, 9.17) is 4.74 Å². The van der Waals surface area contributed by atoms with Crippen LogP contribution in [0.1, 0.15) is 26.2 Å². The number of hydrogen-bond donors (Lipinski definition) is 1. The fourth-order valence-electron chi connectivity index (χ4n) is 2.77. The Labute approximate surface area is 111 Å². The van der Waals surface area contributed by atoms with Gasteiger partial charge in [0, 0.05) is 6.04 Å². The number of carbonyl (C=O) groups is 1. The molecule has 112 valence electrons. The van der Waals surface area contributed by atoms with Gasteiger partial charge in [0.1, 0.15) is 5.54 Å². The van der Waals surface area contributed by atoms with Crippen LogP contribution in [0.4, 0.5) is 13.2 Å². The first-order chi connectivity index (χ1) is 8.78. The van der Waals surface area contributed by atoms with Crippen LogP contribution in [0.5, 0.6) is 0 Å². The highest BCUT2D eigenvalue weighted by Gasteiger charge is 2.47. The lowest BCUT2D eigenvalue weighted by atomic mass is 9.97. The summed E-state index contributed by atoms with van der Waals surface area (Å²) in [5.41, 5.74) is -0.849. The van der Waals surface area contributed by atoms with Gasteiger partial charge >= 0.3 is 12.1 Å². The lowest BCUT2D eigenvalue weighted by molar-refractivity contribution is -0.151. The Balaban J connectivity index is 2.75. The van der Waals surface area contributed by atoms with Crippen molar-refractivity contribution in [2.24, 2.45) is 0 Å². The van der Waals surface area contributed by atoms with Crippen molar-refractivity contribution in [2.45, 2.75) is 43.9 Å². The minimum atomic E-state index is -4.22. The predicted molar refractivity (Wildman–Crippen MR) is 64.7 cm³/mol. The van der Waals surface area contributed by atoms with Crippen LogP contribution in [0.2, 0.25) is 0 Å². The zero-order valence-corrected chi connectivity index (χ0v) is 11.5. The molecule has 0 aromatic carbocycles. The molecule has 1 aliphatic rings. The third kappa shape index (κ3) is 3.82. The van der Waals surface area contributed by atoms with Crippen LogP contribution in [0, 0.1) is 0 Å². The van der Waals surface area contributed by atoms with Crippen LogP contribution in [0.3, 0.4) is 0 Å². The van der Waals surface area contributed by atoms with Crippen LogP contribution >= 0.6 is 0 Å². The Morgan fingerprint density at radius 2 is 2.16 bits per heavy atom. The van der Waals surface area contributed by atoms with Crippen LogP contribution < -0.4 is 5.32 Å². The van der Waals surface area contributed by atoms with Gasteiger partial charge in [-0.3, -0.25) is 9.69 Å². The summed E-state index contributed by atoms with van der Waals surface area (Å²) in [5, 5.41) is 2.92. The lowest BCUT2D eigenvalue weighted by Gasteiger charge is -2.30. The summed E-state index contributed by atoms with van der Waals surface area (Å²) in [7, 11) is 2.93. The number of carbonyl (C=O) groups excluding carboxylic acids is 1. The molecule has 0 saturated heterocycles. The molecule has 0 amide bonds. The van der Waals surface area contributed by atoms with Gasteiger partial charge in [0.25, 0.3) is 0 Å². The van der Waals surface area contributed by atoms with Crippen LogP contribution in [0.25, 0.3) is 0 Å². The summed E-state index contributed by atoms with van der Waals surface area (Å²) in [6.45, 7) is 1.07. The van der Waals surface area contributed by atoms with E-state index in [1.165, 1.54) is 12.0 Å². The molecular formula is C12H21F3N2O2. The lowest BCUT2D eigenvalue weighted by Crippen LogP contribution is -2.50. The van der Waals surface area contributed by atoms with Crippen molar-refractivity contribution in [2.75, 3.05) is 27.2 Å². The molecule has 19 heavy (non-hydrogen) atoms. The molecule has 2 unspecified atom stereocenters. The quantitative estimate of drug-likeness (QED) is 0.777. The Morgan fingerprint density at radius 1 is 1.53 bits per heavy atom. The van der Waals surface area contributed by atoms with Gasteiger partial charge in [0.05, 0.1) is 13.7 Å². The zero-order chi connectivity index (χ0) is 14.7. The van der Waals surface area contributed by atoms with E-state index in [2.05, 4.69) is 5.32 Å². The Bertz CT molecular complexity index is 323. The van der Waals surface area contributed by atoms with Gasteiger partial charge in [-0.05, 0) is 32.9 Å². The molecule has 4 nitrogen and oxygen atoms in total. The van der Waals surface area contributed by atoms with E-state index in [-0.39, 0.29) is 6.04 Å². The largest absolute Gasteiger partial charge is 0.468 e. The summed E-state index contributed by atoms with van der Waals surface area (Å²) < 4.78 is 42.2. The maximum atomic E-state index is 12.5. The molecular weight excluding hydrogens is 261 g/mol. The Morgan fingerprint density at radius 3 is 2.58 bits per heavy atom. The molecule has 1 fully saturated rings. The number of esters is 1. The number of methoxy groups -OCH3 is 1. The highest BCUT2D eigenvalue weighted by Crippen LogP contribution is 2.35. The minimum absolute atomic E-state index is 0.252. The van der Waals surface area contributed by atoms with Crippen LogP contribution in [0.15, 0.2) is 0 Å². The van der Waals surface area contributed by atoms with E-state index in [9.17, 15) is 18.0 Å². The monoisotopic (exact) mass is 282 g/mol. The number of nitrogens with one attached hydrogen (secondary N) is 1. The molecule has 1 rings (SSSR count). The molecule has 2 atom stereocenters. The van der Waals surface area contributed by atoms with Crippen molar-refractivity contribution < 1.29 is 22.7 Å². The number of ether oxygens (including phenoxy) is 1. The molecule has 0 heterocycles. The third-order valence-corrected chi connectivity index (χ3v) is 3.85. The molecule has 0 spiro atoms. The van der Waals surface area contributed by atoms with Crippen molar-refractivity contribution in [3.8, 4) is 0 Å². The number of nitrogens with zero attached hydrogens (tertiary/aromatic N) is 1. The van der Waals surface area contributed by atoms with Gasteiger partial charge in [-0.1, -0.05) is 6.92 Å². The summed E-state index contributed by atoms with van der Waals surface area (Å²) in [6, 6.07) is -0.252. The molecule has 1 aliphatic carbocycles. The smallest absolute Gasteiger partial charge is 0.401 e. The first kappa shape index (κ1) is 16.2. The summed E-state index contributed by atoms with van der Waals surface area (Å²) in [4.78, 5) is 13.2. The average Bonchev–Trinajstić information content (AvgIpc) is 2.79. The second kappa shape index (κ2) is 6.09. The van der Waals surface area contributed by atoms with E-state index in [0.717, 1.165) is 0 Å². The van der Waals surface area contributed by atoms with E-state index in [1.807, 2.05) is 0 Å². The third-order valence-electron chi connectivity index (χ3n) is 3.85. The van der Waals surface area contributed by atoms with Crippen LogP contribution in [-0.4, -0.2) is 55.9 Å². The van der Waals surface area contributed by atoms with Gasteiger partial charge < -0.3 is 10.1 Å². The molecule has 0 bridgehead atoms. The van der Waals surface area contributed by atoms with Crippen molar-refractivity contribution in [3.63, 3.8) is 0 Å². The molecule has 0 aliphatic heterocycles. The molecule has 7 heteroatoms. The molecule has 0 aromatic heterocycles. The van der Waals surface area contributed by atoms with Gasteiger partial charge in [-0.15, -0.1) is 0 Å². The summed E-state index contributed by atoms with van der Waals surface area (Å²) in [5.74, 6) is -0.402. The van der Waals surface area contributed by atoms with E-state index in [0.29, 0.717) is 25.8 Å². The minimum Gasteiger partial charge on any atom is -0.468 e. The molecule has 1 saturated carbocycles. The maximum absolute atomic E-state index is 12.5. The number of likely N-dealkylation sites (N-methyl/N-ethyl adjacent to an activating group) is 1. The van der Waals surface area contributed by atoms with Crippen molar-refractivity contribution in [1.82, 2.24) is 10.2 Å². The molecule has 1 N–H and O–H groups in total. The van der Waals surface area contributed by atoms with Gasteiger partial charge in [-0.2, -0.15) is 13.2 Å². The summed E-state index contributed by atoms with van der Waals surface area (Å²) >= 11 is 0. The second-order valence-electron chi connectivity index (χ2n) is 4.90.